The largest absolute Gasteiger partial charge is 0.323 e. The van der Waals surface area contributed by atoms with Crippen molar-refractivity contribution in [1.29, 1.82) is 0 Å². The number of nitrogens with two attached hydrogens (primary N) is 1. The van der Waals surface area contributed by atoms with Crippen LogP contribution >= 0.6 is 0 Å². The monoisotopic (exact) mass is 175 g/mol. The van der Waals surface area contributed by atoms with Gasteiger partial charge in [-0.05, 0) is 6.92 Å². The van der Waals surface area contributed by atoms with Crippen LogP contribution in [-0.4, -0.2) is 18.0 Å². The molecule has 72 valence electrons. The quantitative estimate of drug-likeness (QED) is 0.709. The smallest absolute Gasteiger partial charge is 0.140 e. The van der Waals surface area contributed by atoms with Gasteiger partial charge in [0.25, 0.3) is 0 Å². The Bertz CT molecular complexity index is 170. The lowest BCUT2D eigenvalue weighted by Gasteiger charge is -2.24. The Morgan fingerprint density at radius 3 is 2.00 bits per heavy atom. The highest BCUT2D eigenvalue weighted by Crippen LogP contribution is 2.20. The Kier molecular flexibility index (Phi) is 3.39. The van der Waals surface area contributed by atoms with Crippen LogP contribution in [0.25, 0.3) is 0 Å². The number of rotatable bonds is 3. The third kappa shape index (κ3) is 3.81. The van der Waals surface area contributed by atoms with Crippen LogP contribution in [0.3, 0.4) is 0 Å². The van der Waals surface area contributed by atoms with Crippen molar-refractivity contribution in [3.63, 3.8) is 0 Å². The van der Waals surface area contributed by atoms with Crippen LogP contribution in [0, 0.1) is 5.41 Å². The Hall–Kier alpha value is -0.440. The summed E-state index contributed by atoms with van der Waals surface area (Å²) in [4.78, 5) is 11.4. The van der Waals surface area contributed by atoms with Crippen LogP contribution in [0.4, 0.5) is 4.39 Å². The van der Waals surface area contributed by atoms with Gasteiger partial charge in [-0.2, -0.15) is 0 Å². The van der Waals surface area contributed by atoms with Gasteiger partial charge in [0, 0.05) is 17.4 Å². The molecular formula is C9H18FNO. The highest BCUT2D eigenvalue weighted by atomic mass is 19.1. The molecule has 0 aliphatic heterocycles. The number of carbonyl (C=O) groups excluding carboxylic acids is 1. The molecule has 0 aromatic rings. The van der Waals surface area contributed by atoms with Gasteiger partial charge in [-0.25, -0.2) is 4.39 Å². The van der Waals surface area contributed by atoms with E-state index in [9.17, 15) is 9.18 Å². The minimum absolute atomic E-state index is 0.00477. The van der Waals surface area contributed by atoms with E-state index in [4.69, 9.17) is 5.73 Å². The van der Waals surface area contributed by atoms with Gasteiger partial charge < -0.3 is 5.73 Å². The molecule has 0 rings (SSSR count). The number of carbonyl (C=O) groups is 1. The van der Waals surface area contributed by atoms with E-state index in [-0.39, 0.29) is 12.2 Å². The highest BCUT2D eigenvalue weighted by molar-refractivity contribution is 5.84. The van der Waals surface area contributed by atoms with E-state index in [0.29, 0.717) is 0 Å². The van der Waals surface area contributed by atoms with Gasteiger partial charge >= 0.3 is 0 Å². The molecule has 1 atom stereocenters. The fourth-order valence-corrected chi connectivity index (χ4v) is 0.679. The average molecular weight is 175 g/mol. The number of hydrogen-bond donors (Lipinski definition) is 1. The molecular weight excluding hydrogens is 157 g/mol. The summed E-state index contributed by atoms with van der Waals surface area (Å²) in [5.74, 6) is 0.00477. The number of hydrogen-bond acceptors (Lipinski definition) is 2. The predicted octanol–water partition coefficient (Wildman–Crippen LogP) is 1.68. The molecule has 2 nitrogen and oxygen atoms in total. The van der Waals surface area contributed by atoms with E-state index in [2.05, 4.69) is 0 Å². The fourth-order valence-electron chi connectivity index (χ4n) is 0.679. The SMILES string of the molecule is CC(C)(C)C(=O)C[C@@](C)(N)CF. The van der Waals surface area contributed by atoms with Gasteiger partial charge in [0.05, 0.1) is 0 Å². The molecule has 0 aromatic heterocycles. The van der Waals surface area contributed by atoms with Crippen molar-refractivity contribution in [3.05, 3.63) is 0 Å². The van der Waals surface area contributed by atoms with Crippen LogP contribution < -0.4 is 5.73 Å². The first-order valence-corrected chi connectivity index (χ1v) is 4.07. The minimum atomic E-state index is -0.996. The summed E-state index contributed by atoms with van der Waals surface area (Å²) < 4.78 is 12.2. The second kappa shape index (κ2) is 3.52. The van der Waals surface area contributed by atoms with E-state index < -0.39 is 17.6 Å². The third-order valence-electron chi connectivity index (χ3n) is 1.71. The summed E-state index contributed by atoms with van der Waals surface area (Å²) in [7, 11) is 0. The van der Waals surface area contributed by atoms with Crippen LogP contribution in [0.15, 0.2) is 0 Å². The number of halogens is 1. The van der Waals surface area contributed by atoms with Crippen LogP contribution in [0.2, 0.25) is 0 Å². The maximum atomic E-state index is 12.2. The summed E-state index contributed by atoms with van der Waals surface area (Å²) >= 11 is 0. The summed E-state index contributed by atoms with van der Waals surface area (Å²) in [6.07, 6.45) is 0.104. The second-order valence-corrected chi connectivity index (χ2v) is 4.64. The number of alkyl halides is 1. The standard InChI is InChI=1S/C9H18FNO/c1-8(2,3)7(12)5-9(4,11)6-10/h5-6,11H2,1-4H3/t9-/m1/s1. The lowest BCUT2D eigenvalue weighted by Crippen LogP contribution is -2.43. The van der Waals surface area contributed by atoms with E-state index in [1.54, 1.807) is 6.92 Å². The van der Waals surface area contributed by atoms with Gasteiger partial charge in [-0.1, -0.05) is 20.8 Å². The van der Waals surface area contributed by atoms with Crippen molar-refractivity contribution in [1.82, 2.24) is 0 Å². The van der Waals surface area contributed by atoms with Crippen LogP contribution in [0.5, 0.6) is 0 Å². The zero-order valence-corrected chi connectivity index (χ0v) is 8.28. The molecule has 0 amide bonds. The van der Waals surface area contributed by atoms with Crippen molar-refractivity contribution in [2.24, 2.45) is 11.1 Å². The fraction of sp³-hybridized carbons (Fsp3) is 0.889. The topological polar surface area (TPSA) is 43.1 Å². The molecule has 12 heavy (non-hydrogen) atoms. The summed E-state index contributed by atoms with van der Waals surface area (Å²) in [5, 5.41) is 0. The first-order chi connectivity index (χ1) is 5.19. The zero-order chi connectivity index (χ0) is 9.99. The Morgan fingerprint density at radius 1 is 1.33 bits per heavy atom. The van der Waals surface area contributed by atoms with Gasteiger partial charge in [-0.15, -0.1) is 0 Å². The molecule has 0 aliphatic rings. The summed E-state index contributed by atoms with van der Waals surface area (Å²) in [6.45, 7) is 6.32. The average Bonchev–Trinajstić information content (AvgIpc) is 1.85. The number of Topliss-reactive ketones (excluding diaryl/α,β-unsaturated/α-hetero) is 1. The van der Waals surface area contributed by atoms with E-state index in [1.165, 1.54) is 0 Å². The van der Waals surface area contributed by atoms with Crippen molar-refractivity contribution < 1.29 is 9.18 Å². The van der Waals surface area contributed by atoms with Gasteiger partial charge in [0.2, 0.25) is 0 Å². The van der Waals surface area contributed by atoms with Gasteiger partial charge in [0.15, 0.2) is 0 Å². The summed E-state index contributed by atoms with van der Waals surface area (Å²) in [5.41, 5.74) is 4.10. The van der Waals surface area contributed by atoms with E-state index in [0.717, 1.165) is 0 Å². The first-order valence-electron chi connectivity index (χ1n) is 4.07. The normalized spacial score (nSPS) is 17.2. The summed E-state index contributed by atoms with van der Waals surface area (Å²) in [6, 6.07) is 0. The zero-order valence-electron chi connectivity index (χ0n) is 8.28. The van der Waals surface area contributed by atoms with Gasteiger partial charge in [-0.3, -0.25) is 4.79 Å². The van der Waals surface area contributed by atoms with E-state index in [1.807, 2.05) is 20.8 Å². The molecule has 0 aliphatic carbocycles. The van der Waals surface area contributed by atoms with E-state index >= 15 is 0 Å². The maximum Gasteiger partial charge on any atom is 0.140 e. The molecule has 0 spiro atoms. The maximum absolute atomic E-state index is 12.2. The van der Waals surface area contributed by atoms with Crippen LogP contribution in [0.1, 0.15) is 34.1 Å². The minimum Gasteiger partial charge on any atom is -0.323 e. The molecule has 0 aromatic carbocycles. The van der Waals surface area contributed by atoms with Crippen molar-refractivity contribution in [2.45, 2.75) is 39.7 Å². The second-order valence-electron chi connectivity index (χ2n) is 4.64. The number of ketones is 1. The Labute approximate surface area is 73.3 Å². The molecule has 0 bridgehead atoms. The molecule has 3 heteroatoms. The Balaban J connectivity index is 4.20. The van der Waals surface area contributed by atoms with Crippen molar-refractivity contribution in [2.75, 3.05) is 6.67 Å². The predicted molar refractivity (Wildman–Crippen MR) is 47.6 cm³/mol. The molecule has 0 unspecified atom stereocenters. The molecule has 2 N–H and O–H groups in total. The third-order valence-corrected chi connectivity index (χ3v) is 1.71. The van der Waals surface area contributed by atoms with Crippen molar-refractivity contribution in [3.8, 4) is 0 Å². The molecule has 0 saturated heterocycles. The van der Waals surface area contributed by atoms with Gasteiger partial charge in [0.1, 0.15) is 12.5 Å². The highest BCUT2D eigenvalue weighted by Gasteiger charge is 2.29. The lowest BCUT2D eigenvalue weighted by molar-refractivity contribution is -0.127. The van der Waals surface area contributed by atoms with Crippen molar-refractivity contribution >= 4 is 5.78 Å². The lowest BCUT2D eigenvalue weighted by atomic mass is 9.83. The first kappa shape index (κ1) is 11.6. The molecule has 0 heterocycles. The molecule has 0 radical (unpaired) electrons. The Morgan fingerprint density at radius 2 is 1.75 bits per heavy atom. The van der Waals surface area contributed by atoms with Crippen LogP contribution in [-0.2, 0) is 4.79 Å². The molecule has 0 fully saturated rings. The molecule has 0 saturated carbocycles.